The number of aromatic amines is 1. The van der Waals surface area contributed by atoms with Crippen LogP contribution in [0.4, 0.5) is 0 Å². The third kappa shape index (κ3) is 14.5. The highest BCUT2D eigenvalue weighted by molar-refractivity contribution is 5.97. The molecule has 1 saturated heterocycles. The Balaban J connectivity index is 1.40. The summed E-state index contributed by atoms with van der Waals surface area (Å²) in [4.78, 5) is 126. The van der Waals surface area contributed by atoms with Crippen molar-refractivity contribution in [3.63, 3.8) is 0 Å². The largest absolute Gasteiger partial charge is 0.368 e. The Morgan fingerprint density at radius 3 is 2.24 bits per heavy atom. The number of amides is 9. The number of aromatic nitrogens is 2. The molecule has 20 nitrogen and oxygen atoms in total. The highest BCUT2D eigenvalue weighted by Crippen LogP contribution is 2.20. The second-order valence-electron chi connectivity index (χ2n) is 14.9. The van der Waals surface area contributed by atoms with Gasteiger partial charge in [0.1, 0.15) is 30.2 Å². The van der Waals surface area contributed by atoms with Crippen LogP contribution in [0.2, 0.25) is 0 Å². The van der Waals surface area contributed by atoms with E-state index in [0.717, 1.165) is 16.3 Å². The van der Waals surface area contributed by atoms with Gasteiger partial charge in [0.25, 0.3) is 0 Å². The maximum Gasteiger partial charge on any atom is 0.243 e. The van der Waals surface area contributed by atoms with Gasteiger partial charge in [0.15, 0.2) is 0 Å². The minimum absolute atomic E-state index is 0.0310. The van der Waals surface area contributed by atoms with Gasteiger partial charge in [-0.05, 0) is 34.7 Å². The molecule has 0 bridgehead atoms. The molecular formula is C43H51N11O9. The number of H-pyrrole nitrogens is 1. The molecule has 5 atom stereocenters. The van der Waals surface area contributed by atoms with Gasteiger partial charge in [0.2, 0.25) is 53.2 Å². The number of hydrogen-bond acceptors (Lipinski definition) is 10. The molecule has 1 fully saturated rings. The molecule has 1 aromatic heterocycles. The Kier molecular flexibility index (Phi) is 16.8. The van der Waals surface area contributed by atoms with Crippen LogP contribution in [-0.2, 0) is 62.4 Å². The molecule has 0 spiro atoms. The molecule has 63 heavy (non-hydrogen) atoms. The average molecular weight is 866 g/mol. The molecule has 332 valence electrons. The van der Waals surface area contributed by atoms with E-state index in [-0.39, 0.29) is 45.1 Å². The smallest absolute Gasteiger partial charge is 0.243 e. The van der Waals surface area contributed by atoms with Crippen molar-refractivity contribution in [2.75, 3.05) is 19.6 Å². The van der Waals surface area contributed by atoms with Gasteiger partial charge in [-0.25, -0.2) is 4.98 Å². The number of rotatable bonds is 12. The van der Waals surface area contributed by atoms with Gasteiger partial charge in [0.05, 0.1) is 19.4 Å². The second kappa shape index (κ2) is 22.8. The molecule has 2 heterocycles. The fourth-order valence-electron chi connectivity index (χ4n) is 6.86. The van der Waals surface area contributed by atoms with Crippen molar-refractivity contribution in [2.45, 2.75) is 75.7 Å². The zero-order chi connectivity index (χ0) is 45.3. The topological polar surface area (TPSA) is 305 Å². The standard InChI is InChI=1S/C43H51N11O9/c1-25(55)47-22-37(57)50-31-14-15-36(56)46-17-16-32(42(62)52-33(39(44)59)19-28-12-7-11-27-10-5-6-13-30(27)28)51-38(58)23-48-40(60)34(18-26-8-3-2-4-9-26)53-43(63)35(54-41(31)61)20-29-21-45-24-49-29/h2-13,21,24,31-35H,14-20,22-23H2,1H3,(H2,44,59)(H,45,49)(H,46,56)(H,47,55)(H,48,60)(H,50,57)(H,51,58)(H,52,62)(H,53,63)(H,54,61)/t31-,32-,33-,34+,35-/m0/s1. The van der Waals surface area contributed by atoms with Gasteiger partial charge < -0.3 is 53.3 Å². The number of hydrogen-bond donors (Lipinski definition) is 10. The van der Waals surface area contributed by atoms with Gasteiger partial charge in [0, 0.05) is 51.0 Å². The van der Waals surface area contributed by atoms with Crippen molar-refractivity contribution < 1.29 is 43.2 Å². The van der Waals surface area contributed by atoms with Gasteiger partial charge in [-0.1, -0.05) is 72.8 Å². The van der Waals surface area contributed by atoms with Gasteiger partial charge in [-0.2, -0.15) is 0 Å². The van der Waals surface area contributed by atoms with Crippen molar-refractivity contribution in [1.82, 2.24) is 52.5 Å². The fraction of sp³-hybridized carbons (Fsp3) is 0.349. The van der Waals surface area contributed by atoms with Crippen molar-refractivity contribution >= 4 is 63.9 Å². The van der Waals surface area contributed by atoms with E-state index >= 15 is 0 Å². The van der Waals surface area contributed by atoms with Crippen LogP contribution in [0.1, 0.15) is 43.0 Å². The lowest BCUT2D eigenvalue weighted by molar-refractivity contribution is -0.134. The maximum absolute atomic E-state index is 14.0. The summed E-state index contributed by atoms with van der Waals surface area (Å²) in [6.45, 7) is -0.0918. The number of carbonyl (C=O) groups excluding carboxylic acids is 9. The van der Waals surface area contributed by atoms with E-state index in [1.807, 2.05) is 36.4 Å². The van der Waals surface area contributed by atoms with Gasteiger partial charge in [-0.3, -0.25) is 43.2 Å². The van der Waals surface area contributed by atoms with Gasteiger partial charge >= 0.3 is 0 Å². The summed E-state index contributed by atoms with van der Waals surface area (Å²) in [5.74, 6) is -6.70. The summed E-state index contributed by atoms with van der Waals surface area (Å²) in [5.41, 5.74) is 7.58. The molecule has 0 saturated carbocycles. The molecule has 1 aliphatic heterocycles. The van der Waals surface area contributed by atoms with E-state index in [4.69, 9.17) is 5.73 Å². The number of nitrogens with one attached hydrogen (secondary N) is 9. The number of fused-ring (bicyclic) bond motifs is 1. The van der Waals surface area contributed by atoms with Crippen molar-refractivity contribution in [2.24, 2.45) is 5.73 Å². The van der Waals surface area contributed by atoms with E-state index in [2.05, 4.69) is 52.5 Å². The van der Waals surface area contributed by atoms with E-state index < -0.39 is 96.5 Å². The number of imidazole rings is 1. The Morgan fingerprint density at radius 1 is 0.794 bits per heavy atom. The minimum atomic E-state index is -1.38. The second-order valence-corrected chi connectivity index (χ2v) is 14.9. The Labute approximate surface area is 362 Å². The Morgan fingerprint density at radius 2 is 1.51 bits per heavy atom. The molecule has 0 radical (unpaired) electrons. The van der Waals surface area contributed by atoms with Crippen LogP contribution in [0.15, 0.2) is 85.3 Å². The first-order chi connectivity index (χ1) is 30.2. The van der Waals surface area contributed by atoms with E-state index in [1.54, 1.807) is 36.4 Å². The van der Waals surface area contributed by atoms with Crippen LogP contribution < -0.4 is 48.3 Å². The monoisotopic (exact) mass is 865 g/mol. The average Bonchev–Trinajstić information content (AvgIpc) is 3.78. The van der Waals surface area contributed by atoms with E-state index in [0.29, 0.717) is 11.3 Å². The van der Waals surface area contributed by atoms with Crippen molar-refractivity contribution in [1.29, 1.82) is 0 Å². The predicted octanol–water partition coefficient (Wildman–Crippen LogP) is -1.95. The third-order valence-electron chi connectivity index (χ3n) is 10.1. The number of primary amides is 1. The lowest BCUT2D eigenvalue weighted by Gasteiger charge is -2.25. The SMILES string of the molecule is CC(=O)NCC(=O)N[C@H]1CCC(=O)NCC[C@@H](C(=O)N[C@@H](Cc2cccc3ccccc23)C(N)=O)NC(=O)CNC(=O)[C@@H](Cc2ccccc2)NC(=O)[C@H](Cc2cnc[nH]2)NC1=O. The first-order valence-electron chi connectivity index (χ1n) is 20.3. The van der Waals surface area contributed by atoms with Crippen molar-refractivity contribution in [3.05, 3.63) is 102 Å². The molecule has 5 rings (SSSR count). The summed E-state index contributed by atoms with van der Waals surface area (Å²) in [5, 5.41) is 22.2. The number of carbonyl (C=O) groups is 9. The first-order valence-corrected chi connectivity index (χ1v) is 20.3. The summed E-state index contributed by atoms with van der Waals surface area (Å²) in [6.07, 6.45) is 1.90. The number of nitrogens with zero attached hydrogens (tertiary/aromatic N) is 1. The lowest BCUT2D eigenvalue weighted by Crippen LogP contribution is -2.58. The molecule has 11 N–H and O–H groups in total. The molecule has 20 heteroatoms. The van der Waals surface area contributed by atoms with Crippen LogP contribution in [0.3, 0.4) is 0 Å². The highest BCUT2D eigenvalue weighted by atomic mass is 16.2. The molecule has 0 aliphatic carbocycles. The summed E-state index contributed by atoms with van der Waals surface area (Å²) in [7, 11) is 0. The van der Waals surface area contributed by atoms with E-state index in [9.17, 15) is 43.2 Å². The molecule has 1 aliphatic rings. The fourth-order valence-corrected chi connectivity index (χ4v) is 6.86. The molecule has 0 unspecified atom stereocenters. The summed E-state index contributed by atoms with van der Waals surface area (Å²) >= 11 is 0. The maximum atomic E-state index is 14.0. The predicted molar refractivity (Wildman–Crippen MR) is 227 cm³/mol. The van der Waals surface area contributed by atoms with Crippen LogP contribution >= 0.6 is 0 Å². The zero-order valence-electron chi connectivity index (χ0n) is 34.5. The highest BCUT2D eigenvalue weighted by Gasteiger charge is 2.32. The third-order valence-corrected chi connectivity index (χ3v) is 10.1. The molecule has 4 aromatic rings. The normalized spacial score (nSPS) is 19.9. The number of benzene rings is 3. The number of nitrogens with two attached hydrogens (primary N) is 1. The van der Waals surface area contributed by atoms with Crippen LogP contribution in [0, 0.1) is 0 Å². The molecule has 9 amide bonds. The Hall–Kier alpha value is -7.64. The van der Waals surface area contributed by atoms with Crippen LogP contribution in [0.25, 0.3) is 10.8 Å². The Bertz CT molecular complexity index is 2280. The van der Waals surface area contributed by atoms with Crippen LogP contribution in [-0.4, -0.2) is 113 Å². The molecule has 3 aromatic carbocycles. The summed E-state index contributed by atoms with van der Waals surface area (Å²) in [6, 6.07) is 15.2. The minimum Gasteiger partial charge on any atom is -0.368 e. The summed E-state index contributed by atoms with van der Waals surface area (Å²) < 4.78 is 0. The quantitative estimate of drug-likeness (QED) is 0.0751. The first kappa shape index (κ1) is 46.4. The molecular weight excluding hydrogens is 815 g/mol. The van der Waals surface area contributed by atoms with Gasteiger partial charge in [-0.15, -0.1) is 0 Å². The van der Waals surface area contributed by atoms with Crippen LogP contribution in [0.5, 0.6) is 0 Å². The zero-order valence-corrected chi connectivity index (χ0v) is 34.5. The van der Waals surface area contributed by atoms with E-state index in [1.165, 1.54) is 19.4 Å². The van der Waals surface area contributed by atoms with Crippen molar-refractivity contribution in [3.8, 4) is 0 Å². The lowest BCUT2D eigenvalue weighted by atomic mass is 9.98.